The zero-order valence-corrected chi connectivity index (χ0v) is 14.1. The lowest BCUT2D eigenvalue weighted by molar-refractivity contribution is 0.249. The molecule has 0 radical (unpaired) electrons. The maximum atomic E-state index is 9.04. The lowest BCUT2D eigenvalue weighted by Gasteiger charge is -2.35. The number of benzene rings is 1. The molecular weight excluding hydrogens is 331 g/mol. The monoisotopic (exact) mass is 346 g/mol. The van der Waals surface area contributed by atoms with Crippen molar-refractivity contribution in [2.45, 2.75) is 6.54 Å². The normalized spacial score (nSPS) is 15.4. The van der Waals surface area contributed by atoms with Crippen molar-refractivity contribution in [3.05, 3.63) is 57.7 Å². The van der Waals surface area contributed by atoms with Gasteiger partial charge in [-0.05, 0) is 29.8 Å². The van der Waals surface area contributed by atoms with Crippen molar-refractivity contribution < 1.29 is 0 Å². The Bertz CT molecular complexity index is 734. The number of halogens is 2. The molecular formula is C17H16Cl2N4. The molecule has 0 unspecified atom stereocenters. The minimum Gasteiger partial charge on any atom is -0.354 e. The summed E-state index contributed by atoms with van der Waals surface area (Å²) in [5, 5.41) is 10.2. The molecule has 0 bridgehead atoms. The fourth-order valence-corrected chi connectivity index (χ4v) is 3.08. The maximum Gasteiger partial charge on any atom is 0.161 e. The van der Waals surface area contributed by atoms with E-state index in [1.807, 2.05) is 30.3 Å². The first-order valence-electron chi connectivity index (χ1n) is 7.44. The van der Waals surface area contributed by atoms with Gasteiger partial charge in [-0.15, -0.1) is 0 Å². The SMILES string of the molecule is N#Cc1nc(N2CCN(Cc3cccc(Cl)c3)CC2)ccc1Cl. The Balaban J connectivity index is 1.61. The Kier molecular flexibility index (Phi) is 5.02. The fraction of sp³-hybridized carbons (Fsp3) is 0.294. The molecule has 0 atom stereocenters. The molecule has 2 heterocycles. The van der Waals surface area contributed by atoms with Crippen LogP contribution in [0.5, 0.6) is 0 Å². The molecule has 0 N–H and O–H groups in total. The van der Waals surface area contributed by atoms with Crippen LogP contribution in [0.2, 0.25) is 10.0 Å². The van der Waals surface area contributed by atoms with Crippen LogP contribution in [0.3, 0.4) is 0 Å². The van der Waals surface area contributed by atoms with Gasteiger partial charge in [0, 0.05) is 37.7 Å². The zero-order chi connectivity index (χ0) is 16.2. The van der Waals surface area contributed by atoms with Gasteiger partial charge in [-0.3, -0.25) is 4.90 Å². The number of nitriles is 1. The standard InChI is InChI=1S/C17H16Cl2N4/c18-14-3-1-2-13(10-14)12-22-6-8-23(9-7-22)17-5-4-15(19)16(11-20)21-17/h1-5,10H,6-9,12H2. The fourth-order valence-electron chi connectivity index (χ4n) is 2.71. The van der Waals surface area contributed by atoms with Crippen LogP contribution in [0, 0.1) is 11.3 Å². The van der Waals surface area contributed by atoms with Gasteiger partial charge in [0.25, 0.3) is 0 Å². The molecule has 118 valence electrons. The molecule has 1 fully saturated rings. The highest BCUT2D eigenvalue weighted by Crippen LogP contribution is 2.20. The molecule has 1 saturated heterocycles. The molecule has 2 aromatic rings. The highest BCUT2D eigenvalue weighted by molar-refractivity contribution is 6.31. The van der Waals surface area contributed by atoms with E-state index in [9.17, 15) is 0 Å². The molecule has 1 aromatic carbocycles. The number of hydrogen-bond acceptors (Lipinski definition) is 4. The summed E-state index contributed by atoms with van der Waals surface area (Å²) in [5.74, 6) is 0.813. The third-order valence-electron chi connectivity index (χ3n) is 3.93. The van der Waals surface area contributed by atoms with Gasteiger partial charge in [-0.1, -0.05) is 35.3 Å². The van der Waals surface area contributed by atoms with Crippen molar-refractivity contribution in [1.82, 2.24) is 9.88 Å². The minimum atomic E-state index is 0.283. The Morgan fingerprint density at radius 2 is 1.87 bits per heavy atom. The quantitative estimate of drug-likeness (QED) is 0.851. The Hall–Kier alpha value is -1.80. The van der Waals surface area contributed by atoms with Gasteiger partial charge in [-0.25, -0.2) is 4.98 Å². The van der Waals surface area contributed by atoms with Crippen molar-refractivity contribution in [2.75, 3.05) is 31.1 Å². The van der Waals surface area contributed by atoms with Crippen molar-refractivity contribution >= 4 is 29.0 Å². The summed E-state index contributed by atoms with van der Waals surface area (Å²) in [6.45, 7) is 4.53. The van der Waals surface area contributed by atoms with Gasteiger partial charge < -0.3 is 4.90 Å². The largest absolute Gasteiger partial charge is 0.354 e. The molecule has 4 nitrogen and oxygen atoms in total. The molecule has 0 saturated carbocycles. The topological polar surface area (TPSA) is 43.2 Å². The smallest absolute Gasteiger partial charge is 0.161 e. The molecule has 0 aliphatic carbocycles. The van der Waals surface area contributed by atoms with E-state index in [0.29, 0.717) is 5.02 Å². The van der Waals surface area contributed by atoms with Crippen LogP contribution in [0.15, 0.2) is 36.4 Å². The summed E-state index contributed by atoms with van der Waals surface area (Å²) in [6, 6.07) is 13.6. The number of rotatable bonds is 3. The van der Waals surface area contributed by atoms with Crippen LogP contribution in [0.25, 0.3) is 0 Å². The summed E-state index contributed by atoms with van der Waals surface area (Å²) in [6.07, 6.45) is 0. The van der Waals surface area contributed by atoms with E-state index in [0.717, 1.165) is 43.6 Å². The van der Waals surface area contributed by atoms with Crippen LogP contribution in [0.1, 0.15) is 11.3 Å². The first-order chi connectivity index (χ1) is 11.2. The second-order valence-electron chi connectivity index (χ2n) is 5.50. The molecule has 6 heteroatoms. The molecule has 0 amide bonds. The van der Waals surface area contributed by atoms with E-state index in [4.69, 9.17) is 28.5 Å². The molecule has 0 spiro atoms. The predicted molar refractivity (Wildman–Crippen MR) is 92.9 cm³/mol. The Morgan fingerprint density at radius 1 is 1.09 bits per heavy atom. The molecule has 1 aliphatic heterocycles. The van der Waals surface area contributed by atoms with Crippen LogP contribution >= 0.6 is 23.2 Å². The van der Waals surface area contributed by atoms with Crippen LogP contribution in [-0.4, -0.2) is 36.1 Å². The van der Waals surface area contributed by atoms with E-state index in [1.165, 1.54) is 5.56 Å². The Morgan fingerprint density at radius 3 is 2.57 bits per heavy atom. The molecule has 3 rings (SSSR count). The van der Waals surface area contributed by atoms with Gasteiger partial charge in [0.1, 0.15) is 11.9 Å². The third kappa shape index (κ3) is 3.94. The zero-order valence-electron chi connectivity index (χ0n) is 12.5. The lowest BCUT2D eigenvalue weighted by Crippen LogP contribution is -2.46. The van der Waals surface area contributed by atoms with Gasteiger partial charge in [0.05, 0.1) is 5.02 Å². The van der Waals surface area contributed by atoms with E-state index >= 15 is 0 Å². The van der Waals surface area contributed by atoms with Crippen LogP contribution in [-0.2, 0) is 6.54 Å². The van der Waals surface area contributed by atoms with E-state index in [1.54, 1.807) is 6.07 Å². The lowest BCUT2D eigenvalue weighted by atomic mass is 10.2. The van der Waals surface area contributed by atoms with Crippen molar-refractivity contribution in [3.63, 3.8) is 0 Å². The van der Waals surface area contributed by atoms with E-state index in [-0.39, 0.29) is 5.69 Å². The van der Waals surface area contributed by atoms with E-state index in [2.05, 4.69) is 20.9 Å². The van der Waals surface area contributed by atoms with Gasteiger partial charge in [-0.2, -0.15) is 5.26 Å². The summed E-state index contributed by atoms with van der Waals surface area (Å²) >= 11 is 12.0. The van der Waals surface area contributed by atoms with Crippen molar-refractivity contribution in [3.8, 4) is 6.07 Å². The van der Waals surface area contributed by atoms with Gasteiger partial charge in [0.2, 0.25) is 0 Å². The first kappa shape index (κ1) is 16.1. The number of piperazine rings is 1. The highest BCUT2D eigenvalue weighted by atomic mass is 35.5. The minimum absolute atomic E-state index is 0.283. The second-order valence-corrected chi connectivity index (χ2v) is 6.35. The maximum absolute atomic E-state index is 9.04. The molecule has 1 aromatic heterocycles. The highest BCUT2D eigenvalue weighted by Gasteiger charge is 2.19. The average Bonchev–Trinajstić information content (AvgIpc) is 2.56. The first-order valence-corrected chi connectivity index (χ1v) is 8.20. The third-order valence-corrected chi connectivity index (χ3v) is 4.47. The van der Waals surface area contributed by atoms with Crippen LogP contribution < -0.4 is 4.90 Å². The molecule has 23 heavy (non-hydrogen) atoms. The van der Waals surface area contributed by atoms with Gasteiger partial charge in [0.15, 0.2) is 5.69 Å². The Labute approximate surface area is 145 Å². The predicted octanol–water partition coefficient (Wildman–Crippen LogP) is 3.58. The second kappa shape index (κ2) is 7.18. The van der Waals surface area contributed by atoms with Gasteiger partial charge >= 0.3 is 0 Å². The number of pyridine rings is 1. The summed E-state index contributed by atoms with van der Waals surface area (Å²) < 4.78 is 0. The summed E-state index contributed by atoms with van der Waals surface area (Å²) in [7, 11) is 0. The van der Waals surface area contributed by atoms with Crippen molar-refractivity contribution in [1.29, 1.82) is 5.26 Å². The number of nitrogens with zero attached hydrogens (tertiary/aromatic N) is 4. The number of anilines is 1. The molecule has 1 aliphatic rings. The van der Waals surface area contributed by atoms with Crippen molar-refractivity contribution in [2.24, 2.45) is 0 Å². The summed E-state index contributed by atoms with van der Waals surface area (Å²) in [4.78, 5) is 8.91. The van der Waals surface area contributed by atoms with Crippen LogP contribution in [0.4, 0.5) is 5.82 Å². The number of aromatic nitrogens is 1. The summed E-state index contributed by atoms with van der Waals surface area (Å²) in [5.41, 5.74) is 1.51. The number of hydrogen-bond donors (Lipinski definition) is 0. The van der Waals surface area contributed by atoms with E-state index < -0.39 is 0 Å². The average molecular weight is 347 g/mol.